The van der Waals surface area contributed by atoms with E-state index in [2.05, 4.69) is 15.6 Å². The molecule has 1 aromatic rings. The Morgan fingerprint density at radius 3 is 2.62 bits per heavy atom. The van der Waals surface area contributed by atoms with Crippen LogP contribution in [-0.2, 0) is 0 Å². The molecule has 3 fully saturated rings. The second kappa shape index (κ2) is 4.61. The minimum atomic E-state index is -0.114. The van der Waals surface area contributed by atoms with Gasteiger partial charge in [-0.15, -0.1) is 0 Å². The van der Waals surface area contributed by atoms with E-state index in [0.717, 1.165) is 29.5 Å². The van der Waals surface area contributed by atoms with E-state index >= 15 is 0 Å². The van der Waals surface area contributed by atoms with Crippen molar-refractivity contribution in [1.29, 1.82) is 0 Å². The van der Waals surface area contributed by atoms with Gasteiger partial charge >= 0.3 is 6.03 Å². The molecule has 4 atom stereocenters. The Kier molecular flexibility index (Phi) is 2.84. The van der Waals surface area contributed by atoms with Crippen molar-refractivity contribution in [1.82, 2.24) is 10.3 Å². The van der Waals surface area contributed by atoms with Crippen LogP contribution in [0.15, 0.2) is 18.2 Å². The summed E-state index contributed by atoms with van der Waals surface area (Å²) in [7, 11) is 3.88. The standard InChI is InChI=1S/C16H22N4O/c1-20(2)12-5-3-4-11(17-12)18-16(21)19-15-13-9-6-7-10(8-9)14(13)15/h3-5,9-10,13-15H,6-8H2,1-2H3,(H2,17,18,19,21)/t9-,10-,13-,14-/m0/s1. The Labute approximate surface area is 125 Å². The number of nitrogens with one attached hydrogen (secondary N) is 2. The van der Waals surface area contributed by atoms with Gasteiger partial charge in [0.15, 0.2) is 0 Å². The molecule has 5 nitrogen and oxygen atoms in total. The lowest BCUT2D eigenvalue weighted by atomic mass is 10.0. The topological polar surface area (TPSA) is 57.3 Å². The molecule has 1 heterocycles. The maximum absolute atomic E-state index is 12.1. The molecule has 0 unspecified atom stereocenters. The van der Waals surface area contributed by atoms with E-state index in [1.807, 2.05) is 37.2 Å². The largest absolute Gasteiger partial charge is 0.363 e. The van der Waals surface area contributed by atoms with Gasteiger partial charge in [0.2, 0.25) is 0 Å². The minimum absolute atomic E-state index is 0.114. The molecular formula is C16H22N4O. The molecule has 21 heavy (non-hydrogen) atoms. The predicted molar refractivity (Wildman–Crippen MR) is 82.3 cm³/mol. The number of aromatic nitrogens is 1. The van der Waals surface area contributed by atoms with E-state index in [-0.39, 0.29) is 6.03 Å². The summed E-state index contributed by atoms with van der Waals surface area (Å²) in [5, 5.41) is 6.01. The molecule has 2 N–H and O–H groups in total. The number of pyridine rings is 1. The van der Waals surface area contributed by atoms with Crippen LogP contribution in [0.5, 0.6) is 0 Å². The Balaban J connectivity index is 1.36. The molecule has 112 valence electrons. The third-order valence-electron chi connectivity index (χ3n) is 5.47. The van der Waals surface area contributed by atoms with Gasteiger partial charge in [-0.1, -0.05) is 6.07 Å². The molecule has 0 aliphatic heterocycles. The van der Waals surface area contributed by atoms with Crippen molar-refractivity contribution >= 4 is 17.7 Å². The van der Waals surface area contributed by atoms with Crippen molar-refractivity contribution in [2.75, 3.05) is 24.3 Å². The van der Waals surface area contributed by atoms with Crippen LogP contribution in [0.4, 0.5) is 16.4 Å². The second-order valence-electron chi connectivity index (χ2n) is 6.89. The number of rotatable bonds is 3. The van der Waals surface area contributed by atoms with E-state index in [4.69, 9.17) is 0 Å². The van der Waals surface area contributed by atoms with Crippen LogP contribution >= 0.6 is 0 Å². The number of hydrogen-bond acceptors (Lipinski definition) is 3. The fourth-order valence-electron chi connectivity index (χ4n) is 4.56. The molecule has 5 heteroatoms. The fourth-order valence-corrected chi connectivity index (χ4v) is 4.56. The van der Waals surface area contributed by atoms with Crippen LogP contribution in [0.25, 0.3) is 0 Å². The highest BCUT2D eigenvalue weighted by atomic mass is 16.2. The smallest absolute Gasteiger partial charge is 0.320 e. The Morgan fingerprint density at radius 1 is 1.24 bits per heavy atom. The summed E-state index contributed by atoms with van der Waals surface area (Å²) in [5.41, 5.74) is 0. The summed E-state index contributed by atoms with van der Waals surface area (Å²) in [5.74, 6) is 4.72. The fraction of sp³-hybridized carbons (Fsp3) is 0.625. The predicted octanol–water partition coefficient (Wildman–Crippen LogP) is 2.31. The van der Waals surface area contributed by atoms with Crippen molar-refractivity contribution in [2.45, 2.75) is 25.3 Å². The first kappa shape index (κ1) is 12.9. The molecule has 3 saturated carbocycles. The second-order valence-corrected chi connectivity index (χ2v) is 6.89. The minimum Gasteiger partial charge on any atom is -0.363 e. The van der Waals surface area contributed by atoms with Gasteiger partial charge in [0, 0.05) is 20.1 Å². The summed E-state index contributed by atoms with van der Waals surface area (Å²) < 4.78 is 0. The molecule has 0 aromatic carbocycles. The molecule has 0 saturated heterocycles. The van der Waals surface area contributed by atoms with Crippen LogP contribution in [0, 0.1) is 23.7 Å². The lowest BCUT2D eigenvalue weighted by Gasteiger charge is -2.14. The van der Waals surface area contributed by atoms with E-state index in [1.165, 1.54) is 19.3 Å². The third kappa shape index (κ3) is 2.15. The van der Waals surface area contributed by atoms with Gasteiger partial charge in [-0.3, -0.25) is 5.32 Å². The SMILES string of the molecule is CN(C)c1cccc(NC(=O)NC2[C@H]3[C@H]4CC[C@@H](C4)[C@H]23)n1. The van der Waals surface area contributed by atoms with Gasteiger partial charge in [0.1, 0.15) is 11.6 Å². The number of fused-ring (bicyclic) bond motifs is 5. The molecule has 0 radical (unpaired) electrons. The van der Waals surface area contributed by atoms with Crippen LogP contribution in [0.2, 0.25) is 0 Å². The van der Waals surface area contributed by atoms with Crippen molar-refractivity contribution in [3.8, 4) is 0 Å². The maximum Gasteiger partial charge on any atom is 0.320 e. The molecule has 1 aromatic heterocycles. The zero-order valence-electron chi connectivity index (χ0n) is 12.5. The van der Waals surface area contributed by atoms with E-state index in [0.29, 0.717) is 11.9 Å². The summed E-state index contributed by atoms with van der Waals surface area (Å²) >= 11 is 0. The van der Waals surface area contributed by atoms with E-state index < -0.39 is 0 Å². The van der Waals surface area contributed by atoms with Gasteiger partial charge in [0.25, 0.3) is 0 Å². The normalized spacial score (nSPS) is 35.2. The van der Waals surface area contributed by atoms with Crippen LogP contribution in [0.1, 0.15) is 19.3 Å². The van der Waals surface area contributed by atoms with Crippen molar-refractivity contribution in [3.63, 3.8) is 0 Å². The number of amides is 2. The number of urea groups is 1. The Morgan fingerprint density at radius 2 is 1.95 bits per heavy atom. The van der Waals surface area contributed by atoms with Crippen molar-refractivity contribution < 1.29 is 4.79 Å². The molecule has 3 aliphatic rings. The highest BCUT2D eigenvalue weighted by Crippen LogP contribution is 2.65. The van der Waals surface area contributed by atoms with E-state index in [9.17, 15) is 4.79 Å². The monoisotopic (exact) mass is 286 g/mol. The number of carbonyl (C=O) groups is 1. The summed E-state index contributed by atoms with van der Waals surface area (Å²) in [4.78, 5) is 18.5. The zero-order chi connectivity index (χ0) is 14.6. The number of anilines is 2. The average molecular weight is 286 g/mol. The number of hydrogen-bond donors (Lipinski definition) is 2. The van der Waals surface area contributed by atoms with Crippen molar-refractivity contribution in [3.05, 3.63) is 18.2 Å². The van der Waals surface area contributed by atoms with Crippen LogP contribution < -0.4 is 15.5 Å². The Bertz CT molecular complexity index is 557. The van der Waals surface area contributed by atoms with Crippen LogP contribution in [-0.4, -0.2) is 31.2 Å². The first-order valence-electron chi connectivity index (χ1n) is 7.85. The average Bonchev–Trinajstić information content (AvgIpc) is 2.84. The molecular weight excluding hydrogens is 264 g/mol. The third-order valence-corrected chi connectivity index (χ3v) is 5.47. The first-order chi connectivity index (χ1) is 10.1. The number of carbonyl (C=O) groups excluding carboxylic acids is 1. The van der Waals surface area contributed by atoms with Gasteiger partial charge < -0.3 is 10.2 Å². The lowest BCUT2D eigenvalue weighted by molar-refractivity contribution is 0.249. The van der Waals surface area contributed by atoms with Gasteiger partial charge in [-0.2, -0.15) is 0 Å². The molecule has 2 bridgehead atoms. The van der Waals surface area contributed by atoms with Crippen LogP contribution in [0.3, 0.4) is 0 Å². The van der Waals surface area contributed by atoms with Gasteiger partial charge in [0.05, 0.1) is 0 Å². The highest BCUT2D eigenvalue weighted by Gasteiger charge is 2.65. The first-order valence-corrected chi connectivity index (χ1v) is 7.85. The van der Waals surface area contributed by atoms with E-state index in [1.54, 1.807) is 0 Å². The molecule has 4 rings (SSSR count). The quantitative estimate of drug-likeness (QED) is 0.896. The zero-order valence-corrected chi connectivity index (χ0v) is 12.5. The van der Waals surface area contributed by atoms with Gasteiger partial charge in [-0.25, -0.2) is 9.78 Å². The van der Waals surface area contributed by atoms with Gasteiger partial charge in [-0.05, 0) is 55.1 Å². The molecule has 2 amide bonds. The Hall–Kier alpha value is -1.78. The molecule has 0 spiro atoms. The highest BCUT2D eigenvalue weighted by molar-refractivity contribution is 5.89. The summed E-state index contributed by atoms with van der Waals surface area (Å²) in [6.45, 7) is 0. The maximum atomic E-state index is 12.1. The summed E-state index contributed by atoms with van der Waals surface area (Å²) in [6, 6.07) is 5.95. The van der Waals surface area contributed by atoms with Crippen molar-refractivity contribution in [2.24, 2.45) is 23.7 Å². The molecule has 3 aliphatic carbocycles. The summed E-state index contributed by atoms with van der Waals surface area (Å²) in [6.07, 6.45) is 4.15. The number of nitrogens with zero attached hydrogens (tertiary/aromatic N) is 2. The lowest BCUT2D eigenvalue weighted by Crippen LogP contribution is -2.34.